The standard InChI is InChI=1S/C46H28N4S2/c1-4-12-29(13-5-1)30-20-22-31(23-21-30)32-24-26-34(27-25-32)44-48-43(33-14-6-2-7-15-33)49-45(50-44)41-40-36-18-10-11-19-38(36)51-39(40)28-37-42(41)52-46(47-37)35-16-8-3-9-17-35/h1-28H. The summed E-state index contributed by atoms with van der Waals surface area (Å²) >= 11 is 3.48. The zero-order chi connectivity index (χ0) is 34.4. The average molecular weight is 701 g/mol. The van der Waals surface area contributed by atoms with Crippen LogP contribution in [0.3, 0.4) is 0 Å². The molecular formula is C46H28N4S2. The van der Waals surface area contributed by atoms with E-state index in [0.29, 0.717) is 17.5 Å². The number of benzene rings is 7. The van der Waals surface area contributed by atoms with E-state index < -0.39 is 0 Å². The van der Waals surface area contributed by atoms with Crippen molar-refractivity contribution in [1.82, 2.24) is 19.9 Å². The summed E-state index contributed by atoms with van der Waals surface area (Å²) in [6, 6.07) is 59.1. The van der Waals surface area contributed by atoms with Gasteiger partial charge in [0.15, 0.2) is 17.5 Å². The first-order valence-electron chi connectivity index (χ1n) is 17.1. The lowest BCUT2D eigenvalue weighted by Gasteiger charge is -2.11. The second-order valence-corrected chi connectivity index (χ2v) is 14.7. The fraction of sp³-hybridized carbons (Fsp3) is 0. The summed E-state index contributed by atoms with van der Waals surface area (Å²) in [6.07, 6.45) is 0. The third-order valence-electron chi connectivity index (χ3n) is 9.40. The molecule has 244 valence electrons. The number of hydrogen-bond acceptors (Lipinski definition) is 6. The van der Waals surface area contributed by atoms with Gasteiger partial charge < -0.3 is 0 Å². The quantitative estimate of drug-likeness (QED) is 0.173. The molecular weight excluding hydrogens is 673 g/mol. The Morgan fingerprint density at radius 2 is 0.808 bits per heavy atom. The first-order chi connectivity index (χ1) is 25.7. The van der Waals surface area contributed by atoms with Crippen molar-refractivity contribution >= 4 is 53.1 Å². The summed E-state index contributed by atoms with van der Waals surface area (Å²) in [5.41, 5.74) is 9.62. The van der Waals surface area contributed by atoms with Gasteiger partial charge in [0.05, 0.1) is 10.2 Å². The Hall–Kier alpha value is -6.34. The van der Waals surface area contributed by atoms with Gasteiger partial charge in [0, 0.05) is 42.4 Å². The van der Waals surface area contributed by atoms with Crippen LogP contribution >= 0.6 is 22.7 Å². The van der Waals surface area contributed by atoms with Crippen molar-refractivity contribution in [2.45, 2.75) is 0 Å². The van der Waals surface area contributed by atoms with E-state index in [9.17, 15) is 0 Å². The van der Waals surface area contributed by atoms with Crippen LogP contribution in [-0.2, 0) is 0 Å². The van der Waals surface area contributed by atoms with Crippen LogP contribution < -0.4 is 0 Å². The molecule has 0 radical (unpaired) electrons. The molecule has 0 aliphatic heterocycles. The Balaban J connectivity index is 1.15. The van der Waals surface area contributed by atoms with Crippen LogP contribution in [0.1, 0.15) is 0 Å². The Morgan fingerprint density at radius 1 is 0.346 bits per heavy atom. The monoisotopic (exact) mass is 700 g/mol. The Morgan fingerprint density at radius 3 is 1.42 bits per heavy atom. The largest absolute Gasteiger partial charge is 0.236 e. The maximum absolute atomic E-state index is 5.28. The molecule has 0 fully saturated rings. The highest BCUT2D eigenvalue weighted by molar-refractivity contribution is 7.26. The van der Waals surface area contributed by atoms with Crippen molar-refractivity contribution in [3.63, 3.8) is 0 Å². The first kappa shape index (κ1) is 30.5. The van der Waals surface area contributed by atoms with E-state index in [0.717, 1.165) is 54.0 Å². The maximum Gasteiger partial charge on any atom is 0.166 e. The van der Waals surface area contributed by atoms with Crippen LogP contribution in [0.5, 0.6) is 0 Å². The van der Waals surface area contributed by atoms with Crippen molar-refractivity contribution < 1.29 is 0 Å². The van der Waals surface area contributed by atoms with Crippen LogP contribution in [0.25, 0.3) is 97.4 Å². The lowest BCUT2D eigenvalue weighted by atomic mass is 9.99. The summed E-state index contributed by atoms with van der Waals surface area (Å²) in [6.45, 7) is 0. The SMILES string of the molecule is c1ccc(-c2ccc(-c3ccc(-c4nc(-c5ccccc5)nc(-c5c6sc(-c7ccccc7)nc6cc6sc7ccccc7c56)n4)cc3)cc2)cc1. The van der Waals surface area contributed by atoms with Gasteiger partial charge >= 0.3 is 0 Å². The summed E-state index contributed by atoms with van der Waals surface area (Å²) in [5, 5.41) is 3.32. The third-order valence-corrected chi connectivity index (χ3v) is 11.7. The predicted octanol–water partition coefficient (Wildman–Crippen LogP) is 12.9. The van der Waals surface area contributed by atoms with Gasteiger partial charge in [0.1, 0.15) is 5.01 Å². The van der Waals surface area contributed by atoms with Crippen LogP contribution in [0, 0.1) is 0 Å². The number of thiophene rings is 1. The van der Waals surface area contributed by atoms with Crippen LogP contribution in [0.15, 0.2) is 170 Å². The van der Waals surface area contributed by atoms with Gasteiger partial charge in [-0.3, -0.25) is 0 Å². The number of rotatable bonds is 6. The molecule has 6 heteroatoms. The van der Waals surface area contributed by atoms with E-state index in [2.05, 4.69) is 140 Å². The lowest BCUT2D eigenvalue weighted by Crippen LogP contribution is -2.00. The molecule has 0 N–H and O–H groups in total. The van der Waals surface area contributed by atoms with E-state index in [1.54, 1.807) is 22.7 Å². The van der Waals surface area contributed by atoms with Gasteiger partial charge in [-0.25, -0.2) is 19.9 Å². The minimum atomic E-state index is 0.632. The molecule has 0 spiro atoms. The van der Waals surface area contributed by atoms with Gasteiger partial charge in [0.2, 0.25) is 0 Å². The third kappa shape index (κ3) is 5.46. The van der Waals surface area contributed by atoms with Crippen LogP contribution in [0.2, 0.25) is 0 Å². The molecule has 0 saturated carbocycles. The number of hydrogen-bond donors (Lipinski definition) is 0. The summed E-state index contributed by atoms with van der Waals surface area (Å²) in [7, 11) is 0. The van der Waals surface area contributed by atoms with E-state index >= 15 is 0 Å². The van der Waals surface area contributed by atoms with Crippen molar-refractivity contribution in [3.8, 4) is 67.0 Å². The molecule has 10 aromatic rings. The summed E-state index contributed by atoms with van der Waals surface area (Å²) in [5.74, 6) is 1.91. The zero-order valence-corrected chi connectivity index (χ0v) is 29.4. The number of fused-ring (bicyclic) bond motifs is 4. The van der Waals surface area contributed by atoms with Crippen molar-refractivity contribution in [1.29, 1.82) is 0 Å². The van der Waals surface area contributed by atoms with Crippen molar-refractivity contribution in [3.05, 3.63) is 170 Å². The summed E-state index contributed by atoms with van der Waals surface area (Å²) in [4.78, 5) is 20.7. The molecule has 7 aromatic carbocycles. The van der Waals surface area contributed by atoms with Crippen molar-refractivity contribution in [2.24, 2.45) is 0 Å². The normalized spacial score (nSPS) is 11.5. The second kappa shape index (κ2) is 12.8. The molecule has 0 aliphatic rings. The minimum absolute atomic E-state index is 0.632. The van der Waals surface area contributed by atoms with Gasteiger partial charge in [-0.1, -0.05) is 158 Å². The van der Waals surface area contributed by atoms with Gasteiger partial charge in [0.25, 0.3) is 0 Å². The molecule has 0 saturated heterocycles. The molecule has 3 heterocycles. The number of aromatic nitrogens is 4. The topological polar surface area (TPSA) is 51.6 Å². The van der Waals surface area contributed by atoms with Gasteiger partial charge in [-0.2, -0.15) is 0 Å². The number of nitrogens with zero attached hydrogens (tertiary/aromatic N) is 4. The first-order valence-corrected chi connectivity index (χ1v) is 18.8. The zero-order valence-electron chi connectivity index (χ0n) is 27.8. The Labute approximate surface area is 308 Å². The van der Waals surface area contributed by atoms with Gasteiger partial charge in [-0.05, 0) is 34.4 Å². The van der Waals surface area contributed by atoms with Gasteiger partial charge in [-0.15, -0.1) is 22.7 Å². The summed E-state index contributed by atoms with van der Waals surface area (Å²) < 4.78 is 3.46. The molecule has 10 rings (SSSR count). The van der Waals surface area contributed by atoms with Crippen molar-refractivity contribution in [2.75, 3.05) is 0 Å². The highest BCUT2D eigenvalue weighted by Gasteiger charge is 2.22. The molecule has 0 aliphatic carbocycles. The van der Waals surface area contributed by atoms with E-state index in [-0.39, 0.29) is 0 Å². The molecule has 3 aromatic heterocycles. The van der Waals surface area contributed by atoms with Crippen LogP contribution in [0.4, 0.5) is 0 Å². The molecule has 0 bridgehead atoms. The van der Waals surface area contributed by atoms with Crippen LogP contribution in [-0.4, -0.2) is 19.9 Å². The lowest BCUT2D eigenvalue weighted by molar-refractivity contribution is 1.08. The average Bonchev–Trinajstić information content (AvgIpc) is 3.82. The molecule has 52 heavy (non-hydrogen) atoms. The predicted molar refractivity (Wildman–Crippen MR) is 219 cm³/mol. The van der Waals surface area contributed by atoms with E-state index in [1.165, 1.54) is 25.9 Å². The molecule has 0 unspecified atom stereocenters. The molecule has 0 amide bonds. The minimum Gasteiger partial charge on any atom is -0.236 e. The Bertz CT molecular complexity index is 2860. The fourth-order valence-corrected chi connectivity index (χ4v) is 9.06. The molecule has 4 nitrogen and oxygen atoms in total. The number of thiazole rings is 1. The fourth-order valence-electron chi connectivity index (χ4n) is 6.82. The van der Waals surface area contributed by atoms with E-state index in [1.807, 2.05) is 30.3 Å². The molecule has 0 atom stereocenters. The second-order valence-electron chi connectivity index (χ2n) is 12.6. The highest BCUT2D eigenvalue weighted by Crippen LogP contribution is 2.46. The maximum atomic E-state index is 5.28. The van der Waals surface area contributed by atoms with E-state index in [4.69, 9.17) is 19.9 Å². The smallest absolute Gasteiger partial charge is 0.166 e. The highest BCUT2D eigenvalue weighted by atomic mass is 32.1. The Kier molecular flexibility index (Phi) is 7.48.